The second-order valence-electron chi connectivity index (χ2n) is 4.94. The van der Waals surface area contributed by atoms with E-state index in [1.807, 2.05) is 24.3 Å². The molecule has 0 aliphatic carbocycles. The molecule has 7 heteroatoms. The van der Waals surface area contributed by atoms with Crippen LogP contribution in [0, 0.1) is 5.92 Å². The van der Waals surface area contributed by atoms with E-state index in [0.717, 1.165) is 5.56 Å². The molecule has 0 saturated heterocycles. The highest BCUT2D eigenvalue weighted by Gasteiger charge is 2.29. The van der Waals surface area contributed by atoms with Crippen molar-refractivity contribution in [2.24, 2.45) is 20.9 Å². The molecule has 1 aromatic rings. The van der Waals surface area contributed by atoms with Gasteiger partial charge < -0.3 is 10.1 Å². The predicted molar refractivity (Wildman–Crippen MR) is 85.8 cm³/mol. The van der Waals surface area contributed by atoms with Gasteiger partial charge in [0.1, 0.15) is 11.7 Å². The van der Waals surface area contributed by atoms with Gasteiger partial charge >= 0.3 is 0 Å². The Hall–Kier alpha value is -3.09. The first-order valence-corrected chi connectivity index (χ1v) is 6.99. The first kappa shape index (κ1) is 14.8. The minimum atomic E-state index is -0.539. The van der Waals surface area contributed by atoms with E-state index in [4.69, 9.17) is 4.74 Å². The highest BCUT2D eigenvalue weighted by atomic mass is 16.5. The summed E-state index contributed by atoms with van der Waals surface area (Å²) in [6.07, 6.45) is 4.59. The van der Waals surface area contributed by atoms with Crippen molar-refractivity contribution in [3.05, 3.63) is 42.1 Å². The Balaban J connectivity index is 1.69. The van der Waals surface area contributed by atoms with E-state index >= 15 is 0 Å². The lowest BCUT2D eigenvalue weighted by Gasteiger charge is -2.16. The zero-order valence-corrected chi connectivity index (χ0v) is 12.4. The van der Waals surface area contributed by atoms with E-state index < -0.39 is 17.7 Å². The molecule has 3 rings (SSSR count). The lowest BCUT2D eigenvalue weighted by atomic mass is 10.0. The smallest absolute Gasteiger partial charge is 0.289 e. The fourth-order valence-corrected chi connectivity index (χ4v) is 2.21. The summed E-state index contributed by atoms with van der Waals surface area (Å²) in [5.41, 5.74) is 1.30. The molecule has 0 bridgehead atoms. The SMILES string of the molecule is COc1cccc(CNC(=O)C2=NC(=O)C3C=CN=CC3=N2)c1. The molecule has 2 aliphatic heterocycles. The van der Waals surface area contributed by atoms with Crippen molar-refractivity contribution in [1.82, 2.24) is 5.32 Å². The zero-order chi connectivity index (χ0) is 16.2. The highest BCUT2D eigenvalue weighted by Crippen LogP contribution is 2.14. The van der Waals surface area contributed by atoms with E-state index in [-0.39, 0.29) is 12.4 Å². The van der Waals surface area contributed by atoms with Crippen molar-refractivity contribution in [2.45, 2.75) is 6.54 Å². The molecule has 1 unspecified atom stereocenters. The van der Waals surface area contributed by atoms with Crippen LogP contribution in [0.4, 0.5) is 0 Å². The largest absolute Gasteiger partial charge is 0.497 e. The van der Waals surface area contributed by atoms with Gasteiger partial charge in [0.15, 0.2) is 0 Å². The summed E-state index contributed by atoms with van der Waals surface area (Å²) < 4.78 is 5.13. The molecule has 2 aliphatic rings. The van der Waals surface area contributed by atoms with Gasteiger partial charge in [-0.3, -0.25) is 14.6 Å². The number of nitrogens with zero attached hydrogens (tertiary/aromatic N) is 3. The highest BCUT2D eigenvalue weighted by molar-refractivity contribution is 6.49. The third-order valence-corrected chi connectivity index (χ3v) is 3.40. The van der Waals surface area contributed by atoms with Gasteiger partial charge in [0.2, 0.25) is 5.84 Å². The van der Waals surface area contributed by atoms with Crippen LogP contribution in [0.1, 0.15) is 5.56 Å². The minimum Gasteiger partial charge on any atom is -0.497 e. The van der Waals surface area contributed by atoms with Crippen LogP contribution in [0.3, 0.4) is 0 Å². The van der Waals surface area contributed by atoms with Crippen molar-refractivity contribution in [2.75, 3.05) is 7.11 Å². The number of nitrogens with one attached hydrogen (secondary N) is 1. The number of fused-ring (bicyclic) bond motifs is 1. The molecule has 0 spiro atoms. The van der Waals surface area contributed by atoms with Gasteiger partial charge in [-0.25, -0.2) is 4.99 Å². The van der Waals surface area contributed by atoms with Crippen molar-refractivity contribution in [1.29, 1.82) is 0 Å². The van der Waals surface area contributed by atoms with Crippen LogP contribution in [-0.4, -0.2) is 36.7 Å². The van der Waals surface area contributed by atoms with Crippen molar-refractivity contribution < 1.29 is 14.3 Å². The second kappa shape index (κ2) is 6.35. The number of ether oxygens (including phenoxy) is 1. The lowest BCUT2D eigenvalue weighted by Crippen LogP contribution is -2.36. The number of amides is 2. The maximum Gasteiger partial charge on any atom is 0.289 e. The first-order chi connectivity index (χ1) is 11.2. The van der Waals surface area contributed by atoms with Gasteiger partial charge in [-0.2, -0.15) is 4.99 Å². The normalized spacial score (nSPS) is 18.8. The van der Waals surface area contributed by atoms with E-state index in [9.17, 15) is 9.59 Å². The number of carbonyl (C=O) groups excluding carboxylic acids is 2. The number of methoxy groups -OCH3 is 1. The summed E-state index contributed by atoms with van der Waals surface area (Å²) in [4.78, 5) is 35.8. The van der Waals surface area contributed by atoms with Crippen LogP contribution in [0.15, 0.2) is 51.5 Å². The van der Waals surface area contributed by atoms with Gasteiger partial charge in [-0.05, 0) is 23.8 Å². The summed E-state index contributed by atoms with van der Waals surface area (Å²) in [7, 11) is 1.58. The summed E-state index contributed by atoms with van der Waals surface area (Å²) in [5.74, 6) is -0.900. The summed E-state index contributed by atoms with van der Waals surface area (Å²) in [6.45, 7) is 0.283. The predicted octanol–water partition coefficient (Wildman–Crippen LogP) is 0.905. The van der Waals surface area contributed by atoms with E-state index in [2.05, 4.69) is 20.3 Å². The van der Waals surface area contributed by atoms with Gasteiger partial charge in [-0.15, -0.1) is 0 Å². The number of carbonyl (C=O) groups is 2. The maximum atomic E-state index is 12.2. The summed E-state index contributed by atoms with van der Waals surface area (Å²) >= 11 is 0. The first-order valence-electron chi connectivity index (χ1n) is 6.99. The number of rotatable bonds is 4. The molecule has 2 heterocycles. The average molecular weight is 310 g/mol. The molecule has 0 radical (unpaired) electrons. The molecule has 1 atom stereocenters. The topological polar surface area (TPSA) is 92.5 Å². The maximum absolute atomic E-state index is 12.2. The molecule has 1 N–H and O–H groups in total. The standard InChI is InChI=1S/C16H14N4O3/c1-23-11-4-2-3-10(7-11)8-18-16(22)14-19-13-9-17-6-5-12(13)15(21)20-14/h2-7,9,12H,8H2,1H3,(H,18,22). The molecule has 2 amide bonds. The number of aliphatic imine (C=N–C) groups is 3. The lowest BCUT2D eigenvalue weighted by molar-refractivity contribution is -0.120. The fourth-order valence-electron chi connectivity index (χ4n) is 2.21. The zero-order valence-electron chi connectivity index (χ0n) is 12.4. The van der Waals surface area contributed by atoms with Gasteiger partial charge in [0, 0.05) is 19.0 Å². The molecule has 0 aromatic heterocycles. The van der Waals surface area contributed by atoms with Crippen LogP contribution >= 0.6 is 0 Å². The molecule has 23 heavy (non-hydrogen) atoms. The number of hydrogen-bond donors (Lipinski definition) is 1. The molecule has 1 aromatic carbocycles. The van der Waals surface area contributed by atoms with Gasteiger partial charge in [0.25, 0.3) is 11.8 Å². The number of amidine groups is 1. The fraction of sp³-hybridized carbons (Fsp3) is 0.188. The Morgan fingerprint density at radius 1 is 1.35 bits per heavy atom. The van der Waals surface area contributed by atoms with Crippen molar-refractivity contribution >= 4 is 29.6 Å². The van der Waals surface area contributed by atoms with Gasteiger partial charge in [0.05, 0.1) is 12.8 Å². The van der Waals surface area contributed by atoms with E-state index in [0.29, 0.717) is 11.5 Å². The third-order valence-electron chi connectivity index (χ3n) is 3.40. The minimum absolute atomic E-state index is 0.147. The van der Waals surface area contributed by atoms with Crippen molar-refractivity contribution in [3.8, 4) is 5.75 Å². The van der Waals surface area contributed by atoms with Crippen molar-refractivity contribution in [3.63, 3.8) is 0 Å². The van der Waals surface area contributed by atoms with Crippen LogP contribution in [0.25, 0.3) is 0 Å². The summed E-state index contributed by atoms with van der Waals surface area (Å²) in [5, 5.41) is 2.69. The van der Waals surface area contributed by atoms with Crippen LogP contribution in [0.2, 0.25) is 0 Å². The molecular weight excluding hydrogens is 296 g/mol. The Bertz CT molecular complexity index is 777. The average Bonchev–Trinajstić information content (AvgIpc) is 2.60. The third kappa shape index (κ3) is 3.23. The monoisotopic (exact) mass is 310 g/mol. The summed E-state index contributed by atoms with van der Waals surface area (Å²) in [6, 6.07) is 7.32. The molecular formula is C16H14N4O3. The molecule has 0 fully saturated rings. The van der Waals surface area contributed by atoms with Gasteiger partial charge in [-0.1, -0.05) is 12.1 Å². The Morgan fingerprint density at radius 3 is 3.04 bits per heavy atom. The Labute approximate surface area is 132 Å². The van der Waals surface area contributed by atoms with E-state index in [1.54, 1.807) is 13.2 Å². The van der Waals surface area contributed by atoms with Crippen LogP contribution in [0.5, 0.6) is 5.75 Å². The molecule has 0 saturated carbocycles. The number of hydrogen-bond acceptors (Lipinski definition) is 5. The second-order valence-corrected chi connectivity index (χ2v) is 4.94. The van der Waals surface area contributed by atoms with Crippen LogP contribution < -0.4 is 10.1 Å². The molecule has 116 valence electrons. The molecule has 7 nitrogen and oxygen atoms in total. The Morgan fingerprint density at radius 2 is 2.22 bits per heavy atom. The van der Waals surface area contributed by atoms with E-state index in [1.165, 1.54) is 12.4 Å². The quantitative estimate of drug-likeness (QED) is 0.895. The Kier molecular flexibility index (Phi) is 4.09. The number of benzene rings is 1. The van der Waals surface area contributed by atoms with Crippen LogP contribution in [-0.2, 0) is 16.1 Å².